The zero-order valence-corrected chi connectivity index (χ0v) is 42.3. The van der Waals surface area contributed by atoms with Crippen molar-refractivity contribution in [3.05, 3.63) is 0 Å². The topological polar surface area (TPSA) is 268 Å². The number of aliphatic hydroxyl groups excluding tert-OH is 10. The monoisotopic (exact) mass is 980 g/mol. The van der Waals surface area contributed by atoms with E-state index in [2.05, 4.69) is 19.2 Å². The molecule has 0 saturated carbocycles. The highest BCUT2D eigenvalue weighted by atomic mass is 16.8. The zero-order chi connectivity index (χ0) is 49.9. The van der Waals surface area contributed by atoms with Gasteiger partial charge in [-0.15, -0.1) is 0 Å². The lowest BCUT2D eigenvalue weighted by atomic mass is 9.97. The van der Waals surface area contributed by atoms with Crippen molar-refractivity contribution >= 4 is 5.91 Å². The van der Waals surface area contributed by atoms with Crippen molar-refractivity contribution in [3.8, 4) is 0 Å². The molecule has 0 bridgehead atoms. The van der Waals surface area contributed by atoms with E-state index in [4.69, 9.17) is 18.9 Å². The Balaban J connectivity index is 1.89. The van der Waals surface area contributed by atoms with Crippen LogP contribution in [0, 0.1) is 0 Å². The standard InChI is InChI=1S/C52H101NO15/c1-3-5-7-9-11-13-15-16-17-18-19-20-21-22-23-24-26-28-30-32-34-40(57)50(64)53-38(43(58)39(56)33-31-29-27-25-14-12-10-8-6-4-2)37-65-52-49(47(62)45(60)42(36-55)67-52)68-51-48(63)46(61)44(59)41(35-54)66-51/h38-49,51-52,54-63H,3-37H2,1-2H3,(H,53,64). The number of carbonyl (C=O) groups is 1. The minimum absolute atomic E-state index is 0.193. The number of carbonyl (C=O) groups excluding carboxylic acids is 1. The second-order valence-electron chi connectivity index (χ2n) is 20.0. The molecule has 16 heteroatoms. The van der Waals surface area contributed by atoms with Gasteiger partial charge in [-0.2, -0.15) is 0 Å². The summed E-state index contributed by atoms with van der Waals surface area (Å²) in [6.45, 7) is 2.39. The van der Waals surface area contributed by atoms with Crippen LogP contribution in [0.2, 0.25) is 0 Å². The average molecular weight is 980 g/mol. The summed E-state index contributed by atoms with van der Waals surface area (Å²) in [6.07, 6.45) is 15.1. The smallest absolute Gasteiger partial charge is 0.249 e. The molecule has 0 aliphatic carbocycles. The van der Waals surface area contributed by atoms with E-state index in [1.165, 1.54) is 128 Å². The molecule has 0 aromatic heterocycles. The van der Waals surface area contributed by atoms with Gasteiger partial charge >= 0.3 is 0 Å². The van der Waals surface area contributed by atoms with Crippen molar-refractivity contribution in [3.63, 3.8) is 0 Å². The van der Waals surface area contributed by atoms with Crippen LogP contribution in [-0.4, -0.2) is 163 Å². The molecule has 16 nitrogen and oxygen atoms in total. The number of hydrogen-bond donors (Lipinski definition) is 11. The van der Waals surface area contributed by atoms with Crippen molar-refractivity contribution in [1.29, 1.82) is 0 Å². The maximum Gasteiger partial charge on any atom is 0.249 e. The van der Waals surface area contributed by atoms with E-state index in [-0.39, 0.29) is 12.8 Å². The van der Waals surface area contributed by atoms with Crippen LogP contribution in [0.3, 0.4) is 0 Å². The Morgan fingerprint density at radius 2 is 0.853 bits per heavy atom. The van der Waals surface area contributed by atoms with Gasteiger partial charge in [0.1, 0.15) is 61.0 Å². The molecule has 0 radical (unpaired) electrons. The highest BCUT2D eigenvalue weighted by Crippen LogP contribution is 2.30. The molecule has 2 saturated heterocycles. The Bertz CT molecular complexity index is 1190. The maximum atomic E-state index is 13.4. The van der Waals surface area contributed by atoms with E-state index in [1.54, 1.807) is 0 Å². The van der Waals surface area contributed by atoms with E-state index in [1.807, 2.05) is 0 Å². The van der Waals surface area contributed by atoms with Crippen LogP contribution in [0.5, 0.6) is 0 Å². The summed E-state index contributed by atoms with van der Waals surface area (Å²) in [7, 11) is 0. The molecule has 1 amide bonds. The van der Waals surface area contributed by atoms with Crippen molar-refractivity contribution in [1.82, 2.24) is 5.32 Å². The van der Waals surface area contributed by atoms with Gasteiger partial charge in [0.25, 0.3) is 0 Å². The largest absolute Gasteiger partial charge is 0.394 e. The lowest BCUT2D eigenvalue weighted by Gasteiger charge is -2.46. The first-order valence-electron chi connectivity index (χ1n) is 27.5. The second-order valence-corrected chi connectivity index (χ2v) is 20.0. The van der Waals surface area contributed by atoms with Crippen molar-refractivity contribution < 1.29 is 74.8 Å². The molecular formula is C52H101NO15. The predicted molar refractivity (Wildman–Crippen MR) is 261 cm³/mol. The molecule has 2 aliphatic rings. The molecule has 14 atom stereocenters. The number of amides is 1. The van der Waals surface area contributed by atoms with Gasteiger partial charge in [0.2, 0.25) is 5.91 Å². The normalized spacial score (nSPS) is 27.2. The third kappa shape index (κ3) is 25.5. The third-order valence-corrected chi connectivity index (χ3v) is 14.0. The van der Waals surface area contributed by atoms with Crippen LogP contribution in [0.15, 0.2) is 0 Å². The molecule has 404 valence electrons. The quantitative estimate of drug-likeness (QED) is 0.0327. The fraction of sp³-hybridized carbons (Fsp3) is 0.981. The molecule has 14 unspecified atom stereocenters. The predicted octanol–water partition coefficient (Wildman–Crippen LogP) is 5.72. The molecular weight excluding hydrogens is 879 g/mol. The molecule has 2 fully saturated rings. The highest BCUT2D eigenvalue weighted by molar-refractivity contribution is 5.80. The summed E-state index contributed by atoms with van der Waals surface area (Å²) in [6, 6.07) is -1.31. The second kappa shape index (κ2) is 39.4. The Kier molecular flexibility index (Phi) is 36.6. The lowest BCUT2D eigenvalue weighted by molar-refractivity contribution is -0.368. The van der Waals surface area contributed by atoms with Crippen LogP contribution < -0.4 is 5.32 Å². The molecule has 2 aliphatic heterocycles. The first-order valence-corrected chi connectivity index (χ1v) is 27.5. The van der Waals surface area contributed by atoms with Crippen LogP contribution in [0.25, 0.3) is 0 Å². The van der Waals surface area contributed by atoms with Gasteiger partial charge < -0.3 is 75.3 Å². The number of hydrogen-bond acceptors (Lipinski definition) is 15. The summed E-state index contributed by atoms with van der Waals surface area (Å²) in [5, 5.41) is 109. The van der Waals surface area contributed by atoms with Crippen molar-refractivity contribution in [2.24, 2.45) is 0 Å². The van der Waals surface area contributed by atoms with Crippen LogP contribution in [0.4, 0.5) is 0 Å². The van der Waals surface area contributed by atoms with Crippen LogP contribution >= 0.6 is 0 Å². The molecule has 2 rings (SSSR count). The first-order chi connectivity index (χ1) is 32.9. The van der Waals surface area contributed by atoms with Gasteiger partial charge in [0, 0.05) is 0 Å². The Hall–Kier alpha value is -1.09. The van der Waals surface area contributed by atoms with E-state index in [9.17, 15) is 55.9 Å². The minimum atomic E-state index is -1.87. The van der Waals surface area contributed by atoms with Gasteiger partial charge in [0.05, 0.1) is 32.0 Å². The zero-order valence-electron chi connectivity index (χ0n) is 42.3. The van der Waals surface area contributed by atoms with E-state index in [0.717, 1.165) is 51.4 Å². The Morgan fingerprint density at radius 3 is 1.26 bits per heavy atom. The maximum absolute atomic E-state index is 13.4. The SMILES string of the molecule is CCCCCCCCCCCCCCCCCCCCCCC(O)C(=O)NC(COC1OC(CO)C(O)C(O)C1OC1OC(CO)C(O)C(O)C1O)C(O)C(O)CCCCCCCCCCCC. The summed E-state index contributed by atoms with van der Waals surface area (Å²) in [5.74, 6) is -0.774. The summed E-state index contributed by atoms with van der Waals surface area (Å²) >= 11 is 0. The third-order valence-electron chi connectivity index (χ3n) is 14.0. The number of nitrogens with one attached hydrogen (secondary N) is 1. The van der Waals surface area contributed by atoms with Crippen molar-refractivity contribution in [2.45, 2.75) is 305 Å². The molecule has 0 aromatic rings. The Labute approximate surface area is 409 Å². The number of ether oxygens (including phenoxy) is 4. The molecule has 2 heterocycles. The number of aliphatic hydroxyl groups is 10. The number of unbranched alkanes of at least 4 members (excludes halogenated alkanes) is 28. The van der Waals surface area contributed by atoms with Gasteiger partial charge in [-0.3, -0.25) is 4.79 Å². The summed E-state index contributed by atoms with van der Waals surface area (Å²) in [5.41, 5.74) is 0. The summed E-state index contributed by atoms with van der Waals surface area (Å²) in [4.78, 5) is 13.4. The molecule has 11 N–H and O–H groups in total. The van der Waals surface area contributed by atoms with Crippen molar-refractivity contribution in [2.75, 3.05) is 19.8 Å². The molecule has 0 spiro atoms. The molecule has 0 aromatic carbocycles. The molecule has 68 heavy (non-hydrogen) atoms. The summed E-state index contributed by atoms with van der Waals surface area (Å²) < 4.78 is 22.9. The van der Waals surface area contributed by atoms with E-state index >= 15 is 0 Å². The van der Waals surface area contributed by atoms with Crippen LogP contribution in [-0.2, 0) is 23.7 Å². The minimum Gasteiger partial charge on any atom is -0.394 e. The van der Waals surface area contributed by atoms with Gasteiger partial charge in [-0.25, -0.2) is 0 Å². The average Bonchev–Trinajstić information content (AvgIpc) is 3.34. The lowest BCUT2D eigenvalue weighted by Crippen LogP contribution is -2.65. The van der Waals surface area contributed by atoms with Gasteiger partial charge in [0.15, 0.2) is 12.6 Å². The first kappa shape index (κ1) is 63.0. The number of rotatable bonds is 43. The van der Waals surface area contributed by atoms with E-state index in [0.29, 0.717) is 12.8 Å². The highest BCUT2D eigenvalue weighted by Gasteiger charge is 2.51. The fourth-order valence-electron chi connectivity index (χ4n) is 9.38. The van der Waals surface area contributed by atoms with E-state index < -0.39 is 111 Å². The fourth-order valence-corrected chi connectivity index (χ4v) is 9.38. The van der Waals surface area contributed by atoms with Crippen LogP contribution in [0.1, 0.15) is 219 Å². The van der Waals surface area contributed by atoms with Gasteiger partial charge in [-0.1, -0.05) is 206 Å². The van der Waals surface area contributed by atoms with Gasteiger partial charge in [-0.05, 0) is 12.8 Å². The Morgan fingerprint density at radius 1 is 0.485 bits per heavy atom.